The molecule has 0 bridgehead atoms. The lowest BCUT2D eigenvalue weighted by molar-refractivity contribution is 1.23. The van der Waals surface area contributed by atoms with E-state index in [-0.39, 0.29) is 0 Å². The summed E-state index contributed by atoms with van der Waals surface area (Å²) in [6, 6.07) is 70.9. The third kappa shape index (κ3) is 5.32. The summed E-state index contributed by atoms with van der Waals surface area (Å²) in [6.07, 6.45) is 0. The van der Waals surface area contributed by atoms with E-state index in [9.17, 15) is 0 Å². The molecule has 2 aromatic heterocycles. The summed E-state index contributed by atoms with van der Waals surface area (Å²) < 4.78 is 0. The van der Waals surface area contributed by atoms with E-state index in [1.807, 2.05) is 12.1 Å². The van der Waals surface area contributed by atoms with Gasteiger partial charge in [0, 0.05) is 38.2 Å². The summed E-state index contributed by atoms with van der Waals surface area (Å²) in [5.41, 5.74) is 11.4. The number of benzene rings is 9. The molecule has 0 saturated carbocycles. The zero-order chi connectivity index (χ0) is 37.0. The molecule has 0 N–H and O–H groups in total. The summed E-state index contributed by atoms with van der Waals surface area (Å²) in [5.74, 6) is 0.706. The molecule has 0 amide bonds. The van der Waals surface area contributed by atoms with E-state index in [0.717, 1.165) is 61.2 Å². The van der Waals surface area contributed by atoms with E-state index in [2.05, 4.69) is 188 Å². The van der Waals surface area contributed by atoms with Crippen LogP contribution in [-0.2, 0) is 0 Å². The number of nitrogens with zero attached hydrogens (tertiary/aromatic N) is 3. The van der Waals surface area contributed by atoms with Gasteiger partial charge in [-0.1, -0.05) is 170 Å². The molecule has 0 unspecified atom stereocenters. The van der Waals surface area contributed by atoms with Gasteiger partial charge in [-0.15, -0.1) is 0 Å². The molecule has 0 saturated heterocycles. The molecular weight excluding hydrogens is 679 g/mol. The fraction of sp³-hybridized carbons (Fsp3) is 0. The minimum absolute atomic E-state index is 0.706. The van der Waals surface area contributed by atoms with Gasteiger partial charge in [-0.05, 0) is 74.1 Å². The van der Waals surface area contributed by atoms with Crippen molar-refractivity contribution in [2.24, 2.45) is 0 Å². The second-order valence-corrected chi connectivity index (χ2v) is 14.3. The standard InChI is InChI=1S/C53H33N3/c1-2-15-34(16-3-1)35-17-14-22-40(33-35)53-55-48-30-11-9-28-46(48)51(56-53)38-20-12-18-36(31-38)37-19-13-21-39(32-37)52-50-44-26-7-5-24-42(44)41-23-4-6-25-43(41)49(50)45-27-8-10-29-47(45)54-52/h1-33H. The lowest BCUT2D eigenvalue weighted by Crippen LogP contribution is -1.96. The van der Waals surface area contributed by atoms with Crippen molar-refractivity contribution < 1.29 is 0 Å². The van der Waals surface area contributed by atoms with Gasteiger partial charge < -0.3 is 0 Å². The lowest BCUT2D eigenvalue weighted by Gasteiger charge is -2.17. The molecule has 3 heteroatoms. The van der Waals surface area contributed by atoms with Gasteiger partial charge >= 0.3 is 0 Å². The van der Waals surface area contributed by atoms with Crippen LogP contribution in [0.4, 0.5) is 0 Å². The molecule has 11 aromatic rings. The number of hydrogen-bond donors (Lipinski definition) is 0. The van der Waals surface area contributed by atoms with Gasteiger partial charge in [-0.2, -0.15) is 0 Å². The first-order valence-corrected chi connectivity index (χ1v) is 19.0. The summed E-state index contributed by atoms with van der Waals surface area (Å²) in [5, 5.41) is 9.56. The van der Waals surface area contributed by atoms with Crippen LogP contribution in [-0.4, -0.2) is 15.0 Å². The first kappa shape index (κ1) is 32.0. The Balaban J connectivity index is 1.07. The van der Waals surface area contributed by atoms with Crippen LogP contribution < -0.4 is 0 Å². The van der Waals surface area contributed by atoms with E-state index >= 15 is 0 Å². The monoisotopic (exact) mass is 711 g/mol. The van der Waals surface area contributed by atoms with Crippen LogP contribution in [0.15, 0.2) is 200 Å². The fourth-order valence-corrected chi connectivity index (χ4v) is 8.42. The molecule has 0 aliphatic heterocycles. The molecule has 2 heterocycles. The van der Waals surface area contributed by atoms with Crippen molar-refractivity contribution in [1.82, 2.24) is 15.0 Å². The van der Waals surface area contributed by atoms with Crippen LogP contribution in [0.1, 0.15) is 0 Å². The van der Waals surface area contributed by atoms with Gasteiger partial charge in [0.1, 0.15) is 0 Å². The van der Waals surface area contributed by atoms with Crippen LogP contribution in [0.25, 0.3) is 110 Å². The van der Waals surface area contributed by atoms with Gasteiger partial charge in [0.25, 0.3) is 0 Å². The molecule has 9 aromatic carbocycles. The molecule has 3 nitrogen and oxygen atoms in total. The Bertz CT molecular complexity index is 3310. The Morgan fingerprint density at radius 2 is 0.661 bits per heavy atom. The summed E-state index contributed by atoms with van der Waals surface area (Å²) in [7, 11) is 0. The average Bonchev–Trinajstić information content (AvgIpc) is 3.28. The van der Waals surface area contributed by atoms with Crippen molar-refractivity contribution in [3.05, 3.63) is 200 Å². The fourth-order valence-electron chi connectivity index (χ4n) is 8.42. The van der Waals surface area contributed by atoms with Gasteiger partial charge in [-0.25, -0.2) is 15.0 Å². The molecule has 260 valence electrons. The minimum Gasteiger partial charge on any atom is -0.247 e. The lowest BCUT2D eigenvalue weighted by atomic mass is 9.89. The number of pyridine rings is 1. The Kier molecular flexibility index (Phi) is 7.49. The largest absolute Gasteiger partial charge is 0.247 e. The summed E-state index contributed by atoms with van der Waals surface area (Å²) >= 11 is 0. The topological polar surface area (TPSA) is 38.7 Å². The van der Waals surface area contributed by atoms with Crippen molar-refractivity contribution in [3.8, 4) is 56.2 Å². The van der Waals surface area contributed by atoms with Crippen LogP contribution in [0, 0.1) is 0 Å². The first-order valence-electron chi connectivity index (χ1n) is 19.0. The molecule has 0 aliphatic carbocycles. The maximum atomic E-state index is 5.41. The zero-order valence-electron chi connectivity index (χ0n) is 30.4. The van der Waals surface area contributed by atoms with Crippen LogP contribution >= 0.6 is 0 Å². The highest BCUT2D eigenvalue weighted by molar-refractivity contribution is 6.33. The smallest absolute Gasteiger partial charge is 0.160 e. The Hall–Kier alpha value is -7.49. The maximum absolute atomic E-state index is 5.41. The normalized spacial score (nSPS) is 11.6. The third-order valence-corrected chi connectivity index (χ3v) is 11.0. The van der Waals surface area contributed by atoms with Crippen molar-refractivity contribution in [2.45, 2.75) is 0 Å². The Morgan fingerprint density at radius 1 is 0.232 bits per heavy atom. The average molecular weight is 712 g/mol. The first-order chi connectivity index (χ1) is 27.8. The quantitative estimate of drug-likeness (QED) is 0.167. The van der Waals surface area contributed by atoms with Crippen molar-refractivity contribution in [2.75, 3.05) is 0 Å². The molecule has 0 fully saturated rings. The van der Waals surface area contributed by atoms with E-state index in [1.54, 1.807) is 0 Å². The number of para-hydroxylation sites is 2. The predicted octanol–water partition coefficient (Wildman–Crippen LogP) is 14.0. The summed E-state index contributed by atoms with van der Waals surface area (Å²) in [6.45, 7) is 0. The highest BCUT2D eigenvalue weighted by Gasteiger charge is 2.18. The van der Waals surface area contributed by atoms with Crippen LogP contribution in [0.3, 0.4) is 0 Å². The van der Waals surface area contributed by atoms with Crippen molar-refractivity contribution in [1.29, 1.82) is 0 Å². The van der Waals surface area contributed by atoms with E-state index in [1.165, 1.54) is 43.3 Å². The molecule has 0 atom stereocenters. The van der Waals surface area contributed by atoms with Gasteiger partial charge in [0.2, 0.25) is 0 Å². The molecular formula is C53H33N3. The van der Waals surface area contributed by atoms with E-state index < -0.39 is 0 Å². The van der Waals surface area contributed by atoms with E-state index in [4.69, 9.17) is 15.0 Å². The number of fused-ring (bicyclic) bond motifs is 9. The second kappa shape index (κ2) is 13.1. The molecule has 0 radical (unpaired) electrons. The van der Waals surface area contributed by atoms with Crippen LogP contribution in [0.5, 0.6) is 0 Å². The number of hydrogen-bond acceptors (Lipinski definition) is 3. The molecule has 0 aliphatic rings. The minimum atomic E-state index is 0.706. The highest BCUT2D eigenvalue weighted by atomic mass is 14.9. The van der Waals surface area contributed by atoms with Gasteiger partial charge in [0.15, 0.2) is 5.82 Å². The number of rotatable bonds is 5. The molecule has 56 heavy (non-hydrogen) atoms. The Morgan fingerprint density at radius 3 is 1.32 bits per heavy atom. The van der Waals surface area contributed by atoms with Crippen molar-refractivity contribution in [3.63, 3.8) is 0 Å². The SMILES string of the molecule is c1ccc(-c2cccc(-c3nc(-c4cccc(-c5cccc(-c6nc7ccccc7c7c8ccccc8c8ccccc8c67)c5)c4)c4ccccc4n3)c2)cc1. The maximum Gasteiger partial charge on any atom is 0.160 e. The summed E-state index contributed by atoms with van der Waals surface area (Å²) in [4.78, 5) is 15.7. The van der Waals surface area contributed by atoms with Gasteiger partial charge in [0.05, 0.1) is 22.4 Å². The van der Waals surface area contributed by atoms with Crippen molar-refractivity contribution >= 4 is 54.1 Å². The number of aromatic nitrogens is 3. The molecule has 11 rings (SSSR count). The predicted molar refractivity (Wildman–Crippen MR) is 235 cm³/mol. The zero-order valence-corrected chi connectivity index (χ0v) is 30.4. The molecule has 0 spiro atoms. The van der Waals surface area contributed by atoms with Gasteiger partial charge in [-0.3, -0.25) is 0 Å². The second-order valence-electron chi connectivity index (χ2n) is 14.3. The third-order valence-electron chi connectivity index (χ3n) is 11.0. The Labute approximate surface area is 324 Å². The van der Waals surface area contributed by atoms with E-state index in [0.29, 0.717) is 5.82 Å². The van der Waals surface area contributed by atoms with Crippen LogP contribution in [0.2, 0.25) is 0 Å². The highest BCUT2D eigenvalue weighted by Crippen LogP contribution is 2.43.